The predicted octanol–water partition coefficient (Wildman–Crippen LogP) is 3.19. The average Bonchev–Trinajstić information content (AvgIpc) is 3.42. The third-order valence-corrected chi connectivity index (χ3v) is 5.51. The minimum absolute atomic E-state index is 0.116. The van der Waals surface area contributed by atoms with Gasteiger partial charge in [0.2, 0.25) is 0 Å². The molecule has 5 nitrogen and oxygen atoms in total. The maximum Gasteiger partial charge on any atom is 0.256 e. The number of hydrogen-bond donors (Lipinski definition) is 1. The summed E-state index contributed by atoms with van der Waals surface area (Å²) in [6.45, 7) is 3.98. The van der Waals surface area contributed by atoms with Crippen molar-refractivity contribution in [1.29, 1.82) is 0 Å². The van der Waals surface area contributed by atoms with E-state index >= 15 is 0 Å². The monoisotopic (exact) mass is 358 g/mol. The van der Waals surface area contributed by atoms with Crippen LogP contribution in [0.1, 0.15) is 41.7 Å². The number of rotatable bonds is 4. The SMILES string of the molecule is Cc1nn(-c2ccccc2)c(Cl)c1C(=O)NC1CCN(C2CC2)CC1. The van der Waals surface area contributed by atoms with Crippen molar-refractivity contribution in [2.45, 2.75) is 44.7 Å². The molecule has 2 aliphatic rings. The summed E-state index contributed by atoms with van der Waals surface area (Å²) in [5.41, 5.74) is 1.99. The fraction of sp³-hybridized carbons (Fsp3) is 0.474. The number of hydrogen-bond acceptors (Lipinski definition) is 3. The largest absolute Gasteiger partial charge is 0.349 e. The van der Waals surface area contributed by atoms with Crippen LogP contribution in [0.15, 0.2) is 30.3 Å². The number of aryl methyl sites for hydroxylation is 1. The molecule has 2 aromatic rings. The maximum atomic E-state index is 12.8. The molecule has 1 aliphatic heterocycles. The number of carbonyl (C=O) groups excluding carboxylic acids is 1. The zero-order chi connectivity index (χ0) is 17.4. The van der Waals surface area contributed by atoms with Gasteiger partial charge in [-0.15, -0.1) is 0 Å². The van der Waals surface area contributed by atoms with Gasteiger partial charge in [0.1, 0.15) is 5.15 Å². The fourth-order valence-corrected chi connectivity index (χ4v) is 3.96. The van der Waals surface area contributed by atoms with E-state index < -0.39 is 0 Å². The molecule has 1 aromatic heterocycles. The van der Waals surface area contributed by atoms with Crippen molar-refractivity contribution in [1.82, 2.24) is 20.0 Å². The lowest BCUT2D eigenvalue weighted by Gasteiger charge is -2.32. The molecule has 6 heteroatoms. The minimum Gasteiger partial charge on any atom is -0.349 e. The van der Waals surface area contributed by atoms with Gasteiger partial charge in [-0.3, -0.25) is 4.79 Å². The molecule has 1 saturated heterocycles. The topological polar surface area (TPSA) is 50.2 Å². The number of nitrogens with zero attached hydrogens (tertiary/aromatic N) is 3. The molecule has 0 atom stereocenters. The van der Waals surface area contributed by atoms with Crippen LogP contribution in [0.5, 0.6) is 0 Å². The Kier molecular flexibility index (Phi) is 4.52. The molecular formula is C19H23ClN4O. The number of piperidine rings is 1. The summed E-state index contributed by atoms with van der Waals surface area (Å²) in [4.78, 5) is 15.3. The molecule has 0 bridgehead atoms. The Labute approximate surface area is 153 Å². The molecular weight excluding hydrogens is 336 g/mol. The van der Waals surface area contributed by atoms with E-state index in [-0.39, 0.29) is 11.9 Å². The molecule has 0 radical (unpaired) electrons. The number of halogens is 1. The second-order valence-electron chi connectivity index (χ2n) is 7.01. The lowest BCUT2D eigenvalue weighted by Crippen LogP contribution is -2.45. The van der Waals surface area contributed by atoms with Gasteiger partial charge in [-0.2, -0.15) is 5.10 Å². The second-order valence-corrected chi connectivity index (χ2v) is 7.37. The fourth-order valence-electron chi connectivity index (χ4n) is 3.60. The summed E-state index contributed by atoms with van der Waals surface area (Å²) in [6, 6.07) is 10.7. The minimum atomic E-state index is -0.116. The van der Waals surface area contributed by atoms with Gasteiger partial charge in [0.05, 0.1) is 16.9 Å². The molecule has 1 aliphatic carbocycles. The zero-order valence-corrected chi connectivity index (χ0v) is 15.2. The molecule has 0 spiro atoms. The standard InChI is InChI=1S/C19H23ClN4O/c1-13-17(18(20)24(22-13)16-5-3-2-4-6-16)19(25)21-14-9-11-23(12-10-14)15-7-8-15/h2-6,14-15H,7-12H2,1H3,(H,21,25). The van der Waals surface area contributed by atoms with E-state index in [9.17, 15) is 4.79 Å². The van der Waals surface area contributed by atoms with Gasteiger partial charge in [-0.1, -0.05) is 29.8 Å². The first-order chi connectivity index (χ1) is 12.1. The van der Waals surface area contributed by atoms with Gasteiger partial charge < -0.3 is 10.2 Å². The predicted molar refractivity (Wildman–Crippen MR) is 98.4 cm³/mol. The Bertz CT molecular complexity index is 761. The van der Waals surface area contributed by atoms with Gasteiger partial charge in [-0.25, -0.2) is 4.68 Å². The van der Waals surface area contributed by atoms with Crippen molar-refractivity contribution < 1.29 is 4.79 Å². The molecule has 2 heterocycles. The number of carbonyl (C=O) groups is 1. The smallest absolute Gasteiger partial charge is 0.256 e. The molecule has 1 N–H and O–H groups in total. The Morgan fingerprint density at radius 3 is 2.48 bits per heavy atom. The van der Waals surface area contributed by atoms with E-state index in [0.29, 0.717) is 16.4 Å². The van der Waals surface area contributed by atoms with Crippen LogP contribution < -0.4 is 5.32 Å². The highest BCUT2D eigenvalue weighted by Crippen LogP contribution is 2.29. The average molecular weight is 359 g/mol. The van der Waals surface area contributed by atoms with Crippen molar-refractivity contribution in [3.05, 3.63) is 46.7 Å². The van der Waals surface area contributed by atoms with Crippen molar-refractivity contribution in [3.8, 4) is 5.69 Å². The maximum absolute atomic E-state index is 12.8. The van der Waals surface area contributed by atoms with Crippen LogP contribution >= 0.6 is 11.6 Å². The Morgan fingerprint density at radius 1 is 1.16 bits per heavy atom. The van der Waals surface area contributed by atoms with Gasteiger partial charge >= 0.3 is 0 Å². The summed E-state index contributed by atoms with van der Waals surface area (Å²) in [6.07, 6.45) is 4.69. The highest BCUT2D eigenvalue weighted by Gasteiger charge is 2.32. The number of aromatic nitrogens is 2. The van der Waals surface area contributed by atoms with Gasteiger partial charge in [0.15, 0.2) is 0 Å². The first-order valence-electron chi connectivity index (χ1n) is 8.99. The first kappa shape index (κ1) is 16.6. The molecule has 132 valence electrons. The van der Waals surface area contributed by atoms with E-state index in [1.807, 2.05) is 37.3 Å². The highest BCUT2D eigenvalue weighted by molar-refractivity contribution is 6.33. The molecule has 1 saturated carbocycles. The van der Waals surface area contributed by atoms with Crippen LogP contribution in [0, 0.1) is 6.92 Å². The van der Waals surface area contributed by atoms with Crippen LogP contribution in [0.3, 0.4) is 0 Å². The Hall–Kier alpha value is -1.85. The molecule has 4 rings (SSSR count). The lowest BCUT2D eigenvalue weighted by molar-refractivity contribution is 0.0908. The van der Waals surface area contributed by atoms with Crippen molar-refractivity contribution in [2.75, 3.05) is 13.1 Å². The molecule has 1 aromatic carbocycles. The van der Waals surface area contributed by atoms with E-state index in [1.165, 1.54) is 12.8 Å². The number of amides is 1. The first-order valence-corrected chi connectivity index (χ1v) is 9.36. The Morgan fingerprint density at radius 2 is 1.84 bits per heavy atom. The second kappa shape index (κ2) is 6.81. The van der Waals surface area contributed by atoms with Crippen LogP contribution in [-0.2, 0) is 0 Å². The van der Waals surface area contributed by atoms with Gasteiger partial charge in [0.25, 0.3) is 5.91 Å². The number of benzene rings is 1. The summed E-state index contributed by atoms with van der Waals surface area (Å²) in [5, 5.41) is 7.98. The van der Waals surface area contributed by atoms with Crippen molar-refractivity contribution >= 4 is 17.5 Å². The molecule has 0 unspecified atom stereocenters. The number of nitrogens with one attached hydrogen (secondary N) is 1. The summed E-state index contributed by atoms with van der Waals surface area (Å²) in [7, 11) is 0. The third-order valence-electron chi connectivity index (χ3n) is 5.16. The normalized spacial score (nSPS) is 19.1. The zero-order valence-electron chi connectivity index (χ0n) is 14.4. The van der Waals surface area contributed by atoms with E-state index in [1.54, 1.807) is 4.68 Å². The van der Waals surface area contributed by atoms with E-state index in [0.717, 1.165) is 37.7 Å². The van der Waals surface area contributed by atoms with E-state index in [4.69, 9.17) is 11.6 Å². The molecule has 2 fully saturated rings. The lowest BCUT2D eigenvalue weighted by atomic mass is 10.0. The van der Waals surface area contributed by atoms with Crippen molar-refractivity contribution in [2.24, 2.45) is 0 Å². The van der Waals surface area contributed by atoms with E-state index in [2.05, 4.69) is 15.3 Å². The number of para-hydroxylation sites is 1. The van der Waals surface area contributed by atoms with Crippen LogP contribution in [-0.4, -0.2) is 45.8 Å². The van der Waals surface area contributed by atoms with Gasteiger partial charge in [0, 0.05) is 25.2 Å². The van der Waals surface area contributed by atoms with Crippen LogP contribution in [0.4, 0.5) is 0 Å². The summed E-state index contributed by atoms with van der Waals surface area (Å²) >= 11 is 6.48. The highest BCUT2D eigenvalue weighted by atomic mass is 35.5. The molecule has 25 heavy (non-hydrogen) atoms. The number of likely N-dealkylation sites (tertiary alicyclic amines) is 1. The third kappa shape index (κ3) is 3.44. The van der Waals surface area contributed by atoms with Crippen LogP contribution in [0.2, 0.25) is 5.15 Å². The summed E-state index contributed by atoms with van der Waals surface area (Å²) < 4.78 is 1.63. The van der Waals surface area contributed by atoms with Crippen molar-refractivity contribution in [3.63, 3.8) is 0 Å². The Balaban J connectivity index is 1.46. The van der Waals surface area contributed by atoms with Crippen LogP contribution in [0.25, 0.3) is 5.69 Å². The van der Waals surface area contributed by atoms with Gasteiger partial charge in [-0.05, 0) is 44.7 Å². The summed E-state index contributed by atoms with van der Waals surface area (Å²) in [5.74, 6) is -0.116. The molecule has 1 amide bonds. The quantitative estimate of drug-likeness (QED) is 0.913.